The van der Waals surface area contributed by atoms with E-state index in [2.05, 4.69) is 41.6 Å². The number of hydrogen-bond acceptors (Lipinski definition) is 3. The van der Waals surface area contributed by atoms with E-state index in [0.29, 0.717) is 12.5 Å². The molecule has 0 aliphatic carbocycles. The lowest BCUT2D eigenvalue weighted by molar-refractivity contribution is -0.121. The quantitative estimate of drug-likeness (QED) is 0.727. The predicted octanol–water partition coefficient (Wildman–Crippen LogP) is 4.22. The van der Waals surface area contributed by atoms with Crippen molar-refractivity contribution in [1.29, 1.82) is 0 Å². The fourth-order valence-corrected chi connectivity index (χ4v) is 3.93. The number of piperidine rings is 1. The Morgan fingerprint density at radius 2 is 2.18 bits per heavy atom. The zero-order valence-electron chi connectivity index (χ0n) is 14.0. The van der Waals surface area contributed by atoms with Gasteiger partial charge < -0.3 is 5.32 Å². The Hall–Kier alpha value is -0.870. The van der Waals surface area contributed by atoms with Crippen molar-refractivity contribution >= 4 is 17.2 Å². The molecule has 1 N–H and O–H groups in total. The normalized spacial score (nSPS) is 18.3. The van der Waals surface area contributed by atoms with Gasteiger partial charge in [0.1, 0.15) is 0 Å². The van der Waals surface area contributed by atoms with E-state index in [1.54, 1.807) is 11.3 Å². The largest absolute Gasteiger partial charge is 0.354 e. The van der Waals surface area contributed by atoms with Crippen LogP contribution in [0.5, 0.6) is 0 Å². The van der Waals surface area contributed by atoms with Gasteiger partial charge in [0, 0.05) is 17.8 Å². The van der Waals surface area contributed by atoms with Gasteiger partial charge in [-0.05, 0) is 49.7 Å². The summed E-state index contributed by atoms with van der Waals surface area (Å²) in [4.78, 5) is 15.9. The molecule has 1 amide bonds. The molecule has 0 bridgehead atoms. The summed E-state index contributed by atoms with van der Waals surface area (Å²) in [5.74, 6) is 1.05. The molecule has 1 aromatic heterocycles. The Balaban J connectivity index is 1.87. The summed E-state index contributed by atoms with van der Waals surface area (Å²) in [7, 11) is 0. The van der Waals surface area contributed by atoms with Crippen LogP contribution in [0.25, 0.3) is 0 Å². The molecule has 1 aliphatic heterocycles. The van der Waals surface area contributed by atoms with E-state index in [4.69, 9.17) is 0 Å². The van der Waals surface area contributed by atoms with Crippen LogP contribution in [0, 0.1) is 5.92 Å². The molecule has 1 aromatic rings. The number of likely N-dealkylation sites (tertiary alicyclic amines) is 1. The number of nitrogens with one attached hydrogen (secondary N) is 1. The Kier molecular flexibility index (Phi) is 7.40. The zero-order valence-corrected chi connectivity index (χ0v) is 14.8. The standard InChI is InChI=1S/C18H30N2OS/c1-3-4-5-8-18(21)19-14-16(17-7-6-13-22-17)20-11-9-15(2)10-12-20/h6-7,13,15-16H,3-5,8-12,14H2,1-2H3,(H,19,21). The summed E-state index contributed by atoms with van der Waals surface area (Å²) in [6.45, 7) is 7.56. The van der Waals surface area contributed by atoms with Crippen LogP contribution in [0.3, 0.4) is 0 Å². The van der Waals surface area contributed by atoms with Crippen LogP contribution in [0.15, 0.2) is 17.5 Å². The Labute approximate surface area is 139 Å². The number of rotatable bonds is 8. The third-order valence-corrected chi connectivity index (χ3v) is 5.60. The maximum Gasteiger partial charge on any atom is 0.220 e. The van der Waals surface area contributed by atoms with Gasteiger partial charge >= 0.3 is 0 Å². The van der Waals surface area contributed by atoms with Crippen LogP contribution in [0.2, 0.25) is 0 Å². The highest BCUT2D eigenvalue weighted by Gasteiger charge is 2.25. The third kappa shape index (κ3) is 5.40. The molecule has 0 saturated carbocycles. The summed E-state index contributed by atoms with van der Waals surface area (Å²) >= 11 is 1.81. The molecule has 1 saturated heterocycles. The van der Waals surface area contributed by atoms with E-state index in [9.17, 15) is 4.79 Å². The fraction of sp³-hybridized carbons (Fsp3) is 0.722. The van der Waals surface area contributed by atoms with E-state index in [-0.39, 0.29) is 5.91 Å². The molecule has 1 aliphatic rings. The number of thiophene rings is 1. The molecule has 0 spiro atoms. The third-order valence-electron chi connectivity index (χ3n) is 4.63. The van der Waals surface area contributed by atoms with Gasteiger partial charge in [0.25, 0.3) is 0 Å². The average Bonchev–Trinajstić information content (AvgIpc) is 3.04. The molecular formula is C18H30N2OS. The smallest absolute Gasteiger partial charge is 0.220 e. The number of nitrogens with zero attached hydrogens (tertiary/aromatic N) is 1. The molecule has 0 aromatic carbocycles. The number of carbonyl (C=O) groups excluding carboxylic acids is 1. The van der Waals surface area contributed by atoms with Gasteiger partial charge in [-0.1, -0.05) is 32.8 Å². The van der Waals surface area contributed by atoms with Crippen molar-refractivity contribution < 1.29 is 4.79 Å². The summed E-state index contributed by atoms with van der Waals surface area (Å²) in [6.07, 6.45) is 6.52. The Morgan fingerprint density at radius 1 is 1.41 bits per heavy atom. The summed E-state index contributed by atoms with van der Waals surface area (Å²) in [5.41, 5.74) is 0. The second kappa shape index (κ2) is 9.31. The van der Waals surface area contributed by atoms with Crippen LogP contribution in [-0.2, 0) is 4.79 Å². The molecular weight excluding hydrogens is 292 g/mol. The van der Waals surface area contributed by atoms with Crippen LogP contribution in [-0.4, -0.2) is 30.4 Å². The number of unbranched alkanes of at least 4 members (excludes halogenated alkanes) is 2. The van der Waals surface area contributed by atoms with Crippen molar-refractivity contribution in [3.05, 3.63) is 22.4 Å². The summed E-state index contributed by atoms with van der Waals surface area (Å²) < 4.78 is 0. The molecule has 1 unspecified atom stereocenters. The topological polar surface area (TPSA) is 32.3 Å². The van der Waals surface area contributed by atoms with Gasteiger partial charge in [-0.25, -0.2) is 0 Å². The summed E-state index contributed by atoms with van der Waals surface area (Å²) in [6, 6.07) is 4.67. The van der Waals surface area contributed by atoms with E-state index in [0.717, 1.165) is 44.8 Å². The molecule has 3 nitrogen and oxygen atoms in total. The van der Waals surface area contributed by atoms with Crippen LogP contribution >= 0.6 is 11.3 Å². The number of amides is 1. The van der Waals surface area contributed by atoms with Crippen LogP contribution in [0.4, 0.5) is 0 Å². The molecule has 1 fully saturated rings. The van der Waals surface area contributed by atoms with Crippen molar-refractivity contribution in [2.75, 3.05) is 19.6 Å². The fourth-order valence-electron chi connectivity index (χ4n) is 3.07. The van der Waals surface area contributed by atoms with Crippen molar-refractivity contribution in [3.8, 4) is 0 Å². The Morgan fingerprint density at radius 3 is 2.82 bits per heavy atom. The first-order valence-corrected chi connectivity index (χ1v) is 9.62. The monoisotopic (exact) mass is 322 g/mol. The lowest BCUT2D eigenvalue weighted by atomic mass is 9.97. The minimum absolute atomic E-state index is 0.209. The van der Waals surface area contributed by atoms with E-state index in [1.165, 1.54) is 17.7 Å². The van der Waals surface area contributed by atoms with Gasteiger partial charge in [0.15, 0.2) is 0 Å². The molecule has 0 radical (unpaired) electrons. The van der Waals surface area contributed by atoms with Crippen molar-refractivity contribution in [1.82, 2.24) is 10.2 Å². The average molecular weight is 323 g/mol. The minimum atomic E-state index is 0.209. The first-order chi connectivity index (χ1) is 10.7. The Bertz CT molecular complexity index is 424. The molecule has 4 heteroatoms. The summed E-state index contributed by atoms with van der Waals surface area (Å²) in [5, 5.41) is 5.30. The first kappa shape index (κ1) is 17.5. The van der Waals surface area contributed by atoms with Gasteiger partial charge in [0.2, 0.25) is 5.91 Å². The maximum atomic E-state index is 12.0. The van der Waals surface area contributed by atoms with Gasteiger partial charge in [-0.15, -0.1) is 11.3 Å². The molecule has 2 rings (SSSR count). The van der Waals surface area contributed by atoms with Crippen molar-refractivity contribution in [2.45, 2.75) is 58.4 Å². The number of carbonyl (C=O) groups is 1. The second-order valence-corrected chi connectivity index (χ2v) is 7.49. The van der Waals surface area contributed by atoms with E-state index in [1.807, 2.05) is 0 Å². The highest BCUT2D eigenvalue weighted by atomic mass is 32.1. The SMILES string of the molecule is CCCCCC(=O)NCC(c1cccs1)N1CCC(C)CC1. The lowest BCUT2D eigenvalue weighted by Gasteiger charge is -2.36. The van der Waals surface area contributed by atoms with Crippen molar-refractivity contribution in [3.63, 3.8) is 0 Å². The molecule has 1 atom stereocenters. The van der Waals surface area contributed by atoms with Crippen molar-refractivity contribution in [2.24, 2.45) is 5.92 Å². The first-order valence-electron chi connectivity index (χ1n) is 8.74. The zero-order chi connectivity index (χ0) is 15.8. The van der Waals surface area contributed by atoms with Crippen LogP contribution in [0.1, 0.15) is 63.3 Å². The molecule has 2 heterocycles. The van der Waals surface area contributed by atoms with Gasteiger partial charge in [-0.2, -0.15) is 0 Å². The molecule has 124 valence electrons. The van der Waals surface area contributed by atoms with Gasteiger partial charge in [0.05, 0.1) is 6.04 Å². The highest BCUT2D eigenvalue weighted by molar-refractivity contribution is 7.10. The number of hydrogen-bond donors (Lipinski definition) is 1. The lowest BCUT2D eigenvalue weighted by Crippen LogP contribution is -2.41. The van der Waals surface area contributed by atoms with Crippen LogP contribution < -0.4 is 5.32 Å². The minimum Gasteiger partial charge on any atom is -0.354 e. The van der Waals surface area contributed by atoms with E-state index < -0.39 is 0 Å². The van der Waals surface area contributed by atoms with E-state index >= 15 is 0 Å². The van der Waals surface area contributed by atoms with Gasteiger partial charge in [-0.3, -0.25) is 9.69 Å². The second-order valence-electron chi connectivity index (χ2n) is 6.51. The molecule has 22 heavy (non-hydrogen) atoms. The predicted molar refractivity (Wildman–Crippen MR) is 94.2 cm³/mol. The highest BCUT2D eigenvalue weighted by Crippen LogP contribution is 2.29. The maximum absolute atomic E-state index is 12.0.